The van der Waals surface area contributed by atoms with Crippen LogP contribution in [-0.4, -0.2) is 5.97 Å². The van der Waals surface area contributed by atoms with Gasteiger partial charge in [-0.1, -0.05) is 19.1 Å². The lowest BCUT2D eigenvalue weighted by molar-refractivity contribution is -0.139. The summed E-state index contributed by atoms with van der Waals surface area (Å²) in [7, 11) is 0. The molecule has 14 heavy (non-hydrogen) atoms. The van der Waals surface area contributed by atoms with Crippen LogP contribution in [0.1, 0.15) is 45.4 Å². The number of esters is 1. The molecule has 0 aromatic carbocycles. The molecule has 0 amide bonds. The first kappa shape index (κ1) is 11.0. The highest BCUT2D eigenvalue weighted by Crippen LogP contribution is 2.14. The summed E-state index contributed by atoms with van der Waals surface area (Å²) in [6.07, 6.45) is 12.0. The van der Waals surface area contributed by atoms with Gasteiger partial charge in [0, 0.05) is 12.8 Å². The van der Waals surface area contributed by atoms with Gasteiger partial charge in [-0.2, -0.15) is 0 Å². The molecule has 0 spiro atoms. The number of hydrogen-bond acceptors (Lipinski definition) is 2. The van der Waals surface area contributed by atoms with Gasteiger partial charge in [0.1, 0.15) is 5.76 Å². The summed E-state index contributed by atoms with van der Waals surface area (Å²) in [6.45, 7) is 1.82. The molecule has 2 heteroatoms. The lowest BCUT2D eigenvalue weighted by Crippen LogP contribution is -2.02. The van der Waals surface area contributed by atoms with E-state index in [1.54, 1.807) is 0 Å². The highest BCUT2D eigenvalue weighted by atomic mass is 16.5. The monoisotopic (exact) mass is 194 g/mol. The fourth-order valence-corrected chi connectivity index (χ4v) is 1.38. The van der Waals surface area contributed by atoms with Crippen molar-refractivity contribution in [1.29, 1.82) is 0 Å². The molecule has 0 N–H and O–H groups in total. The molecule has 0 aromatic heterocycles. The van der Waals surface area contributed by atoms with Gasteiger partial charge in [-0.05, 0) is 31.8 Å². The minimum Gasteiger partial charge on any atom is -0.431 e. The molecule has 0 saturated heterocycles. The molecule has 0 radical (unpaired) electrons. The predicted molar refractivity (Wildman–Crippen MR) is 56.7 cm³/mol. The Kier molecular flexibility index (Phi) is 5.05. The first-order chi connectivity index (χ1) is 6.83. The molecule has 78 valence electrons. The predicted octanol–water partition coefficient (Wildman–Crippen LogP) is 3.34. The molecular weight excluding hydrogens is 176 g/mol. The fraction of sp³-hybridized carbons (Fsp3) is 0.583. The second kappa shape index (κ2) is 6.41. The highest BCUT2D eigenvalue weighted by molar-refractivity contribution is 5.70. The summed E-state index contributed by atoms with van der Waals surface area (Å²) in [5.74, 6) is 0.740. The third-order valence-corrected chi connectivity index (χ3v) is 2.20. The molecule has 1 rings (SSSR count). The van der Waals surface area contributed by atoms with E-state index in [-0.39, 0.29) is 5.97 Å². The minimum absolute atomic E-state index is 0.122. The van der Waals surface area contributed by atoms with Crippen LogP contribution in [0.25, 0.3) is 0 Å². The molecule has 0 atom stereocenters. The zero-order valence-corrected chi connectivity index (χ0v) is 8.79. The van der Waals surface area contributed by atoms with Crippen LogP contribution < -0.4 is 0 Å². The second-order valence-electron chi connectivity index (χ2n) is 3.44. The maximum Gasteiger partial charge on any atom is 0.310 e. The molecule has 0 aromatic rings. The summed E-state index contributed by atoms with van der Waals surface area (Å²) >= 11 is 0. The van der Waals surface area contributed by atoms with Crippen molar-refractivity contribution in [3.05, 3.63) is 24.0 Å². The second-order valence-corrected chi connectivity index (χ2v) is 3.44. The van der Waals surface area contributed by atoms with Crippen LogP contribution in [0.5, 0.6) is 0 Å². The Balaban J connectivity index is 2.45. The van der Waals surface area contributed by atoms with E-state index in [9.17, 15) is 4.79 Å². The SMILES string of the molecule is CCC(=O)O/C1=C/CC/C=C\CCC1. The Morgan fingerprint density at radius 1 is 1.36 bits per heavy atom. The van der Waals surface area contributed by atoms with Crippen LogP contribution in [0.3, 0.4) is 0 Å². The smallest absolute Gasteiger partial charge is 0.310 e. The van der Waals surface area contributed by atoms with Crippen LogP contribution in [0.15, 0.2) is 24.0 Å². The molecule has 0 saturated carbocycles. The molecule has 0 aliphatic heterocycles. The summed E-state index contributed by atoms with van der Waals surface area (Å²) < 4.78 is 5.23. The van der Waals surface area contributed by atoms with Crippen LogP contribution >= 0.6 is 0 Å². The maximum absolute atomic E-state index is 11.1. The molecule has 1 aliphatic rings. The van der Waals surface area contributed by atoms with E-state index in [0.717, 1.165) is 37.9 Å². The van der Waals surface area contributed by atoms with E-state index in [1.165, 1.54) is 0 Å². The van der Waals surface area contributed by atoms with Gasteiger partial charge in [0.25, 0.3) is 0 Å². The first-order valence-corrected chi connectivity index (χ1v) is 5.37. The normalized spacial score (nSPS) is 23.6. The molecule has 1 aliphatic carbocycles. The summed E-state index contributed by atoms with van der Waals surface area (Å²) in [4.78, 5) is 11.1. The third kappa shape index (κ3) is 4.26. The average molecular weight is 194 g/mol. The van der Waals surface area contributed by atoms with E-state index in [0.29, 0.717) is 6.42 Å². The fourth-order valence-electron chi connectivity index (χ4n) is 1.38. The number of carbonyl (C=O) groups excluding carboxylic acids is 1. The zero-order valence-electron chi connectivity index (χ0n) is 8.79. The number of carbonyl (C=O) groups is 1. The van der Waals surface area contributed by atoms with E-state index in [4.69, 9.17) is 4.74 Å². The largest absolute Gasteiger partial charge is 0.431 e. The van der Waals surface area contributed by atoms with Crippen LogP contribution in [0.4, 0.5) is 0 Å². The molecule has 2 nitrogen and oxygen atoms in total. The Morgan fingerprint density at radius 2 is 2.14 bits per heavy atom. The third-order valence-electron chi connectivity index (χ3n) is 2.20. The Hall–Kier alpha value is -1.05. The van der Waals surface area contributed by atoms with Gasteiger partial charge in [-0.25, -0.2) is 0 Å². The van der Waals surface area contributed by atoms with Crippen molar-refractivity contribution in [2.24, 2.45) is 0 Å². The summed E-state index contributed by atoms with van der Waals surface area (Å²) in [5.41, 5.74) is 0. The topological polar surface area (TPSA) is 26.3 Å². The zero-order chi connectivity index (χ0) is 10.2. The van der Waals surface area contributed by atoms with Crippen molar-refractivity contribution in [2.75, 3.05) is 0 Å². The summed E-state index contributed by atoms with van der Waals surface area (Å²) in [5, 5.41) is 0. The van der Waals surface area contributed by atoms with Gasteiger partial charge >= 0.3 is 5.97 Å². The average Bonchev–Trinajstić information content (AvgIpc) is 2.31. The lowest BCUT2D eigenvalue weighted by Gasteiger charge is -2.06. The van der Waals surface area contributed by atoms with Gasteiger partial charge in [0.05, 0.1) is 0 Å². The Morgan fingerprint density at radius 3 is 2.93 bits per heavy atom. The van der Waals surface area contributed by atoms with E-state index in [2.05, 4.69) is 12.2 Å². The number of ether oxygens (including phenoxy) is 1. The molecular formula is C12H18O2. The van der Waals surface area contributed by atoms with Gasteiger partial charge in [0.15, 0.2) is 0 Å². The lowest BCUT2D eigenvalue weighted by atomic mass is 10.2. The van der Waals surface area contributed by atoms with Gasteiger partial charge < -0.3 is 4.74 Å². The number of hydrogen-bond donors (Lipinski definition) is 0. The minimum atomic E-state index is -0.122. The number of allylic oxidation sites excluding steroid dienone is 4. The van der Waals surface area contributed by atoms with Crippen LogP contribution in [0, 0.1) is 0 Å². The van der Waals surface area contributed by atoms with Crippen LogP contribution in [0.2, 0.25) is 0 Å². The van der Waals surface area contributed by atoms with E-state index >= 15 is 0 Å². The highest BCUT2D eigenvalue weighted by Gasteiger charge is 2.04. The van der Waals surface area contributed by atoms with Crippen molar-refractivity contribution < 1.29 is 9.53 Å². The van der Waals surface area contributed by atoms with E-state index in [1.807, 2.05) is 13.0 Å². The Labute approximate surface area is 85.6 Å². The van der Waals surface area contributed by atoms with Gasteiger partial charge in [0.2, 0.25) is 0 Å². The van der Waals surface area contributed by atoms with E-state index < -0.39 is 0 Å². The molecule has 0 unspecified atom stereocenters. The molecule has 0 heterocycles. The molecule has 0 bridgehead atoms. The van der Waals surface area contributed by atoms with Crippen molar-refractivity contribution in [3.8, 4) is 0 Å². The molecule has 0 fully saturated rings. The van der Waals surface area contributed by atoms with Crippen molar-refractivity contribution in [1.82, 2.24) is 0 Å². The van der Waals surface area contributed by atoms with Gasteiger partial charge in [-0.15, -0.1) is 0 Å². The van der Waals surface area contributed by atoms with Crippen molar-refractivity contribution in [3.63, 3.8) is 0 Å². The standard InChI is InChI=1S/C12H18O2/c1-2-12(13)14-11-9-7-5-3-4-6-8-10-11/h3-4,9H,2,5-8,10H2,1H3/b4-3-,11-9+. The Bertz CT molecular complexity index is 239. The van der Waals surface area contributed by atoms with Crippen molar-refractivity contribution in [2.45, 2.75) is 45.4 Å². The van der Waals surface area contributed by atoms with Crippen LogP contribution in [-0.2, 0) is 9.53 Å². The quantitative estimate of drug-likeness (QED) is 0.497. The maximum atomic E-state index is 11.1. The first-order valence-electron chi connectivity index (χ1n) is 5.37. The summed E-state index contributed by atoms with van der Waals surface area (Å²) in [6, 6.07) is 0. The number of rotatable bonds is 2. The van der Waals surface area contributed by atoms with Gasteiger partial charge in [-0.3, -0.25) is 4.79 Å². The van der Waals surface area contributed by atoms with Crippen molar-refractivity contribution >= 4 is 5.97 Å².